The highest BCUT2D eigenvalue weighted by molar-refractivity contribution is 7.87. The summed E-state index contributed by atoms with van der Waals surface area (Å²) >= 11 is 0. The molecule has 3 aliphatic carbocycles. The average molecular weight is 479 g/mol. The number of hydrogen-bond acceptors (Lipinski definition) is 4. The second kappa shape index (κ2) is 8.52. The SMILES string of the molecule is CC1CC2CC(C1)CC(C)(COc1cc(F)c(C(=O)NS(=O)(=O)N3CCC3)cc1C1CC1)C2. The Bertz CT molecular complexity index is 1020. The Labute approximate surface area is 196 Å². The number of rotatable bonds is 7. The van der Waals surface area contributed by atoms with Crippen LogP contribution in [0.3, 0.4) is 0 Å². The van der Waals surface area contributed by atoms with Crippen LogP contribution in [-0.4, -0.2) is 38.3 Å². The first-order valence-electron chi connectivity index (χ1n) is 12.4. The zero-order valence-electron chi connectivity index (χ0n) is 19.6. The van der Waals surface area contributed by atoms with Gasteiger partial charge in [0.2, 0.25) is 0 Å². The van der Waals surface area contributed by atoms with Gasteiger partial charge < -0.3 is 4.74 Å². The van der Waals surface area contributed by atoms with Crippen LogP contribution in [0.1, 0.15) is 87.1 Å². The van der Waals surface area contributed by atoms with Gasteiger partial charge in [-0.15, -0.1) is 0 Å². The van der Waals surface area contributed by atoms with Crippen molar-refractivity contribution >= 4 is 16.1 Å². The van der Waals surface area contributed by atoms with E-state index in [-0.39, 0.29) is 16.9 Å². The Kier molecular flexibility index (Phi) is 5.96. The van der Waals surface area contributed by atoms with E-state index in [4.69, 9.17) is 4.74 Å². The van der Waals surface area contributed by atoms with E-state index in [1.54, 1.807) is 0 Å². The zero-order chi connectivity index (χ0) is 23.4. The molecule has 2 unspecified atom stereocenters. The van der Waals surface area contributed by atoms with Crippen molar-refractivity contribution in [3.63, 3.8) is 0 Å². The molecule has 4 fully saturated rings. The molecule has 2 bridgehead atoms. The minimum absolute atomic E-state index is 0.0758. The largest absolute Gasteiger partial charge is 0.493 e. The number of fused-ring (bicyclic) bond motifs is 2. The third-order valence-corrected chi connectivity index (χ3v) is 9.50. The van der Waals surface area contributed by atoms with E-state index in [9.17, 15) is 17.6 Å². The molecular weight excluding hydrogens is 443 g/mol. The lowest BCUT2D eigenvalue weighted by Crippen LogP contribution is -2.49. The standard InChI is InChI=1S/C25H35FN2O4S/c1-16-8-17-10-18(9-16)14-25(2,13-17)15-32-23-12-22(26)21(11-20(23)19-4-5-19)24(29)27-33(30,31)28-6-3-7-28/h11-12,16-19H,3-10,13-15H2,1-2H3,(H,27,29). The van der Waals surface area contributed by atoms with E-state index in [1.165, 1.54) is 35.7 Å². The van der Waals surface area contributed by atoms with Gasteiger partial charge in [-0.25, -0.2) is 9.11 Å². The summed E-state index contributed by atoms with van der Waals surface area (Å²) in [5.74, 6) is 1.37. The first-order valence-corrected chi connectivity index (χ1v) is 13.8. The van der Waals surface area contributed by atoms with Crippen LogP contribution < -0.4 is 9.46 Å². The number of nitrogens with zero attached hydrogens (tertiary/aromatic N) is 1. The Morgan fingerprint density at radius 1 is 1.18 bits per heavy atom. The molecule has 1 heterocycles. The predicted octanol–water partition coefficient (Wildman–Crippen LogP) is 4.61. The Morgan fingerprint density at radius 2 is 1.85 bits per heavy atom. The van der Waals surface area contributed by atoms with Crippen LogP contribution in [0, 0.1) is 29.0 Å². The number of nitrogens with one attached hydrogen (secondary N) is 1. The molecule has 2 atom stereocenters. The maximum absolute atomic E-state index is 15.0. The number of benzene rings is 1. The fourth-order valence-electron chi connectivity index (χ4n) is 6.43. The van der Waals surface area contributed by atoms with Crippen LogP contribution in [0.4, 0.5) is 4.39 Å². The van der Waals surface area contributed by atoms with Crippen molar-refractivity contribution in [2.24, 2.45) is 23.2 Å². The summed E-state index contributed by atoms with van der Waals surface area (Å²) in [5.41, 5.74) is 0.656. The minimum Gasteiger partial charge on any atom is -0.493 e. The molecule has 1 aliphatic heterocycles. The van der Waals surface area contributed by atoms with E-state index >= 15 is 0 Å². The van der Waals surface area contributed by atoms with Crippen molar-refractivity contribution in [1.29, 1.82) is 0 Å². The van der Waals surface area contributed by atoms with Crippen LogP contribution in [0.2, 0.25) is 0 Å². The molecule has 0 radical (unpaired) electrons. The molecule has 182 valence electrons. The number of amides is 1. The lowest BCUT2D eigenvalue weighted by molar-refractivity contribution is 0.0143. The number of carbonyl (C=O) groups is 1. The van der Waals surface area contributed by atoms with Crippen LogP contribution in [-0.2, 0) is 10.2 Å². The molecule has 0 aromatic heterocycles. The lowest BCUT2D eigenvalue weighted by Gasteiger charge is -2.47. The quantitative estimate of drug-likeness (QED) is 0.621. The van der Waals surface area contributed by atoms with Gasteiger partial charge in [-0.1, -0.05) is 13.8 Å². The average Bonchev–Trinajstić information content (AvgIpc) is 3.48. The van der Waals surface area contributed by atoms with Crippen molar-refractivity contribution < 1.29 is 22.3 Å². The van der Waals surface area contributed by atoms with Crippen molar-refractivity contribution in [1.82, 2.24) is 9.03 Å². The van der Waals surface area contributed by atoms with Gasteiger partial charge in [0.05, 0.1) is 12.2 Å². The van der Waals surface area contributed by atoms with Gasteiger partial charge in [-0.05, 0) is 86.7 Å². The van der Waals surface area contributed by atoms with Crippen LogP contribution >= 0.6 is 0 Å². The van der Waals surface area contributed by atoms with E-state index in [0.29, 0.717) is 25.4 Å². The lowest BCUT2D eigenvalue weighted by atomic mass is 9.60. The Morgan fingerprint density at radius 3 is 2.42 bits per heavy atom. The van der Waals surface area contributed by atoms with Gasteiger partial charge in [-0.2, -0.15) is 12.7 Å². The maximum atomic E-state index is 15.0. The molecule has 5 rings (SSSR count). The molecule has 1 amide bonds. The van der Waals surface area contributed by atoms with E-state index in [1.807, 2.05) is 4.72 Å². The number of halogens is 1. The normalized spacial score (nSPS) is 32.2. The van der Waals surface area contributed by atoms with Gasteiger partial charge in [0.1, 0.15) is 11.6 Å². The third-order valence-electron chi connectivity index (χ3n) is 8.02. The number of hydrogen-bond donors (Lipinski definition) is 1. The van der Waals surface area contributed by atoms with Crippen molar-refractivity contribution in [2.45, 2.75) is 71.1 Å². The first kappa shape index (κ1) is 23.1. The molecule has 6 nitrogen and oxygen atoms in total. The minimum atomic E-state index is -3.92. The van der Waals surface area contributed by atoms with Crippen LogP contribution in [0.25, 0.3) is 0 Å². The fraction of sp³-hybridized carbons (Fsp3) is 0.720. The molecule has 1 aromatic rings. The van der Waals surface area contributed by atoms with Crippen molar-refractivity contribution in [3.05, 3.63) is 29.1 Å². The summed E-state index contributed by atoms with van der Waals surface area (Å²) in [6, 6.07) is 2.79. The smallest absolute Gasteiger partial charge is 0.304 e. The van der Waals surface area contributed by atoms with Gasteiger partial charge in [0.25, 0.3) is 5.91 Å². The van der Waals surface area contributed by atoms with Crippen molar-refractivity contribution in [2.75, 3.05) is 19.7 Å². The summed E-state index contributed by atoms with van der Waals surface area (Å²) in [4.78, 5) is 12.6. The molecule has 1 aromatic carbocycles. The number of carbonyl (C=O) groups excluding carboxylic acids is 1. The monoisotopic (exact) mass is 478 g/mol. The summed E-state index contributed by atoms with van der Waals surface area (Å²) < 4.78 is 49.0. The van der Waals surface area contributed by atoms with Gasteiger partial charge in [0, 0.05) is 24.6 Å². The summed E-state index contributed by atoms with van der Waals surface area (Å²) in [6.45, 7) is 5.95. The molecule has 0 spiro atoms. The van der Waals surface area contributed by atoms with Gasteiger partial charge >= 0.3 is 10.2 Å². The van der Waals surface area contributed by atoms with Crippen molar-refractivity contribution in [3.8, 4) is 5.75 Å². The van der Waals surface area contributed by atoms with Gasteiger partial charge in [0.15, 0.2) is 0 Å². The topological polar surface area (TPSA) is 75.7 Å². The molecule has 4 aliphatic rings. The molecule has 3 saturated carbocycles. The Hall–Kier alpha value is -1.67. The molecule has 8 heteroatoms. The van der Waals surface area contributed by atoms with E-state index in [0.717, 1.165) is 55.4 Å². The summed E-state index contributed by atoms with van der Waals surface area (Å²) in [6.07, 6.45) is 8.89. The number of ether oxygens (including phenoxy) is 1. The zero-order valence-corrected chi connectivity index (χ0v) is 20.4. The van der Waals surface area contributed by atoms with Gasteiger partial charge in [-0.3, -0.25) is 4.79 Å². The van der Waals surface area contributed by atoms with Crippen LogP contribution in [0.5, 0.6) is 5.75 Å². The highest BCUT2D eigenvalue weighted by atomic mass is 32.2. The second-order valence-corrected chi connectivity index (χ2v) is 13.1. The molecular formula is C25H35FN2O4S. The fourth-order valence-corrected chi connectivity index (χ4v) is 7.64. The van der Waals surface area contributed by atoms with E-state index < -0.39 is 21.9 Å². The molecule has 1 N–H and O–H groups in total. The first-order chi connectivity index (χ1) is 15.6. The molecule has 33 heavy (non-hydrogen) atoms. The predicted molar refractivity (Wildman–Crippen MR) is 124 cm³/mol. The van der Waals surface area contributed by atoms with Crippen LogP contribution in [0.15, 0.2) is 12.1 Å². The third kappa shape index (κ3) is 4.92. The van der Waals surface area contributed by atoms with E-state index in [2.05, 4.69) is 13.8 Å². The highest BCUT2D eigenvalue weighted by Gasteiger charge is 2.42. The summed E-state index contributed by atoms with van der Waals surface area (Å²) in [5, 5.41) is 0. The second-order valence-electron chi connectivity index (χ2n) is 11.4. The maximum Gasteiger partial charge on any atom is 0.304 e. The Balaban J connectivity index is 1.31. The highest BCUT2D eigenvalue weighted by Crippen LogP contribution is 2.51. The summed E-state index contributed by atoms with van der Waals surface area (Å²) in [7, 11) is -3.92. The molecule has 1 saturated heterocycles.